The first-order chi connectivity index (χ1) is 6.16. The third-order valence-corrected chi connectivity index (χ3v) is 2.64. The fraction of sp³-hybridized carbons (Fsp3) is 0.222. The lowest BCUT2D eigenvalue weighted by atomic mass is 10.1. The van der Waals surface area contributed by atoms with E-state index in [2.05, 4.69) is 22.6 Å². The topological polar surface area (TPSA) is 46.5 Å². The molecule has 0 fully saturated rings. The van der Waals surface area contributed by atoms with Gasteiger partial charge in [-0.05, 0) is 46.4 Å². The Hall–Kier alpha value is -0.780. The van der Waals surface area contributed by atoms with Gasteiger partial charge in [0.1, 0.15) is 5.75 Å². The standard InChI is InChI=1S/C9H7IO3/c10-6-1-2-7-5(3-6)4-8(13-7)9(11)12/h1-3,8H,4H2,(H,11,12). The Kier molecular flexibility index (Phi) is 2.15. The first kappa shape index (κ1) is 8.80. The first-order valence-corrected chi connectivity index (χ1v) is 4.92. The van der Waals surface area contributed by atoms with Crippen LogP contribution in [0.5, 0.6) is 5.75 Å². The van der Waals surface area contributed by atoms with Gasteiger partial charge in [-0.1, -0.05) is 0 Å². The van der Waals surface area contributed by atoms with Gasteiger partial charge in [0.15, 0.2) is 6.10 Å². The molecule has 0 bridgehead atoms. The molecule has 13 heavy (non-hydrogen) atoms. The molecule has 1 aromatic rings. The molecule has 0 saturated heterocycles. The number of ether oxygens (including phenoxy) is 1. The van der Waals surface area contributed by atoms with Crippen LogP contribution in [-0.4, -0.2) is 17.2 Å². The molecule has 3 nitrogen and oxygen atoms in total. The molecular formula is C9H7IO3. The summed E-state index contributed by atoms with van der Waals surface area (Å²) in [5.41, 5.74) is 0.985. The number of benzene rings is 1. The van der Waals surface area contributed by atoms with Crippen molar-refractivity contribution in [3.05, 3.63) is 27.3 Å². The molecule has 4 heteroatoms. The zero-order chi connectivity index (χ0) is 9.42. The molecule has 0 radical (unpaired) electrons. The second-order valence-electron chi connectivity index (χ2n) is 2.90. The Morgan fingerprint density at radius 1 is 1.62 bits per heavy atom. The van der Waals surface area contributed by atoms with Gasteiger partial charge < -0.3 is 9.84 Å². The zero-order valence-electron chi connectivity index (χ0n) is 6.66. The van der Waals surface area contributed by atoms with Crippen molar-refractivity contribution >= 4 is 28.6 Å². The number of hydrogen-bond donors (Lipinski definition) is 1. The van der Waals surface area contributed by atoms with Crippen LogP contribution in [0.15, 0.2) is 18.2 Å². The van der Waals surface area contributed by atoms with E-state index < -0.39 is 12.1 Å². The summed E-state index contributed by atoms with van der Waals surface area (Å²) >= 11 is 2.19. The summed E-state index contributed by atoms with van der Waals surface area (Å²) in [6.07, 6.45) is -0.227. The van der Waals surface area contributed by atoms with E-state index in [-0.39, 0.29) is 0 Å². The summed E-state index contributed by atoms with van der Waals surface area (Å²) in [6, 6.07) is 5.68. The van der Waals surface area contributed by atoms with Crippen LogP contribution in [-0.2, 0) is 11.2 Å². The summed E-state index contributed by atoms with van der Waals surface area (Å²) in [5.74, 6) is -0.195. The lowest BCUT2D eigenvalue weighted by Gasteiger charge is -2.02. The van der Waals surface area contributed by atoms with Crippen molar-refractivity contribution < 1.29 is 14.6 Å². The van der Waals surface area contributed by atoms with Crippen LogP contribution in [0.3, 0.4) is 0 Å². The summed E-state index contributed by atoms with van der Waals surface area (Å²) in [7, 11) is 0. The number of carboxylic acids is 1. The number of halogens is 1. The Morgan fingerprint density at radius 3 is 3.08 bits per heavy atom. The van der Waals surface area contributed by atoms with Gasteiger partial charge in [0.25, 0.3) is 0 Å². The predicted molar refractivity (Wildman–Crippen MR) is 54.9 cm³/mol. The van der Waals surface area contributed by atoms with Crippen LogP contribution >= 0.6 is 22.6 Å². The molecular weight excluding hydrogens is 283 g/mol. The average Bonchev–Trinajstić information content (AvgIpc) is 2.46. The minimum atomic E-state index is -0.897. The van der Waals surface area contributed by atoms with E-state index >= 15 is 0 Å². The molecule has 1 aliphatic heterocycles. The lowest BCUT2D eigenvalue weighted by Crippen LogP contribution is -2.24. The fourth-order valence-electron chi connectivity index (χ4n) is 1.35. The van der Waals surface area contributed by atoms with E-state index in [0.29, 0.717) is 12.2 Å². The highest BCUT2D eigenvalue weighted by atomic mass is 127. The van der Waals surface area contributed by atoms with Crippen molar-refractivity contribution in [3.63, 3.8) is 0 Å². The maximum Gasteiger partial charge on any atom is 0.345 e. The summed E-state index contributed by atoms with van der Waals surface area (Å²) in [4.78, 5) is 10.6. The van der Waals surface area contributed by atoms with Gasteiger partial charge in [-0.2, -0.15) is 0 Å². The van der Waals surface area contributed by atoms with Crippen LogP contribution in [0.2, 0.25) is 0 Å². The van der Waals surface area contributed by atoms with E-state index in [9.17, 15) is 4.79 Å². The lowest BCUT2D eigenvalue weighted by molar-refractivity contribution is -0.144. The largest absolute Gasteiger partial charge is 0.478 e. The highest BCUT2D eigenvalue weighted by Gasteiger charge is 2.28. The zero-order valence-corrected chi connectivity index (χ0v) is 8.82. The minimum absolute atomic E-state index is 0.474. The summed E-state index contributed by atoms with van der Waals surface area (Å²) in [5, 5.41) is 8.73. The van der Waals surface area contributed by atoms with E-state index in [1.54, 1.807) is 0 Å². The first-order valence-electron chi connectivity index (χ1n) is 3.85. The Labute approximate surface area is 88.9 Å². The average molecular weight is 290 g/mol. The van der Waals surface area contributed by atoms with Crippen molar-refractivity contribution in [1.82, 2.24) is 0 Å². The molecule has 68 valence electrons. The predicted octanol–water partition coefficient (Wildman–Crippen LogP) is 1.68. The Balaban J connectivity index is 2.30. The second-order valence-corrected chi connectivity index (χ2v) is 4.15. The number of carboxylic acid groups (broad SMARTS) is 1. The molecule has 1 unspecified atom stereocenters. The number of hydrogen-bond acceptors (Lipinski definition) is 2. The highest BCUT2D eigenvalue weighted by molar-refractivity contribution is 14.1. The summed E-state index contributed by atoms with van der Waals surface area (Å²) < 4.78 is 6.32. The fourth-order valence-corrected chi connectivity index (χ4v) is 1.91. The molecule has 1 heterocycles. The molecule has 0 aromatic heterocycles. The van der Waals surface area contributed by atoms with Gasteiger partial charge in [-0.3, -0.25) is 0 Å². The van der Waals surface area contributed by atoms with Crippen molar-refractivity contribution in [2.45, 2.75) is 12.5 Å². The van der Waals surface area contributed by atoms with E-state index in [0.717, 1.165) is 9.13 Å². The molecule has 1 aliphatic rings. The maximum atomic E-state index is 10.6. The van der Waals surface area contributed by atoms with Crippen LogP contribution in [0.4, 0.5) is 0 Å². The van der Waals surface area contributed by atoms with E-state index in [4.69, 9.17) is 9.84 Å². The molecule has 0 spiro atoms. The van der Waals surface area contributed by atoms with Crippen molar-refractivity contribution in [1.29, 1.82) is 0 Å². The van der Waals surface area contributed by atoms with Gasteiger partial charge in [-0.15, -0.1) is 0 Å². The normalized spacial score (nSPS) is 19.3. The SMILES string of the molecule is O=C(O)C1Cc2cc(I)ccc2O1. The molecule has 1 N–H and O–H groups in total. The maximum absolute atomic E-state index is 10.6. The van der Waals surface area contributed by atoms with Crippen LogP contribution in [0.1, 0.15) is 5.56 Å². The van der Waals surface area contributed by atoms with E-state index in [1.807, 2.05) is 18.2 Å². The third-order valence-electron chi connectivity index (χ3n) is 1.97. The number of aliphatic carboxylic acids is 1. The number of carbonyl (C=O) groups is 1. The third kappa shape index (κ3) is 1.63. The van der Waals surface area contributed by atoms with Gasteiger partial charge in [0.2, 0.25) is 0 Å². The van der Waals surface area contributed by atoms with Gasteiger partial charge >= 0.3 is 5.97 Å². The molecule has 0 aliphatic carbocycles. The quantitative estimate of drug-likeness (QED) is 0.800. The highest BCUT2D eigenvalue weighted by Crippen LogP contribution is 2.29. The smallest absolute Gasteiger partial charge is 0.345 e. The minimum Gasteiger partial charge on any atom is -0.478 e. The van der Waals surface area contributed by atoms with Gasteiger partial charge in [0, 0.05) is 9.99 Å². The van der Waals surface area contributed by atoms with Crippen LogP contribution < -0.4 is 4.74 Å². The second kappa shape index (κ2) is 3.17. The van der Waals surface area contributed by atoms with Gasteiger partial charge in [0.05, 0.1) is 0 Å². The molecule has 1 aromatic carbocycles. The van der Waals surface area contributed by atoms with Crippen molar-refractivity contribution in [3.8, 4) is 5.75 Å². The van der Waals surface area contributed by atoms with Crippen LogP contribution in [0.25, 0.3) is 0 Å². The molecule has 2 rings (SSSR count). The molecule has 1 atom stereocenters. The monoisotopic (exact) mass is 290 g/mol. The van der Waals surface area contributed by atoms with Crippen molar-refractivity contribution in [2.24, 2.45) is 0 Å². The Morgan fingerprint density at radius 2 is 2.38 bits per heavy atom. The summed E-state index contributed by atoms with van der Waals surface area (Å²) in [6.45, 7) is 0. The molecule has 0 saturated carbocycles. The van der Waals surface area contributed by atoms with Gasteiger partial charge in [-0.25, -0.2) is 4.79 Å². The Bertz CT molecular complexity index is 362. The van der Waals surface area contributed by atoms with Crippen molar-refractivity contribution in [2.75, 3.05) is 0 Å². The van der Waals surface area contributed by atoms with Crippen LogP contribution in [0, 0.1) is 3.57 Å². The molecule has 0 amide bonds. The number of rotatable bonds is 1. The number of fused-ring (bicyclic) bond motifs is 1. The van der Waals surface area contributed by atoms with E-state index in [1.165, 1.54) is 0 Å².